The van der Waals surface area contributed by atoms with Gasteiger partial charge in [0, 0.05) is 6.07 Å². The lowest BCUT2D eigenvalue weighted by atomic mass is 10.2. The maximum Gasteiger partial charge on any atom is 0.293 e. The van der Waals surface area contributed by atoms with Crippen LogP contribution in [0.25, 0.3) is 0 Å². The molecule has 1 rings (SSSR count). The summed E-state index contributed by atoms with van der Waals surface area (Å²) in [6.07, 6.45) is 0. The first kappa shape index (κ1) is 11.6. The van der Waals surface area contributed by atoms with E-state index in [0.717, 1.165) is 5.56 Å². The van der Waals surface area contributed by atoms with Crippen molar-refractivity contribution >= 4 is 33.2 Å². The van der Waals surface area contributed by atoms with Crippen LogP contribution in [0.2, 0.25) is 0 Å². The molecule has 80 valence electrons. The van der Waals surface area contributed by atoms with Gasteiger partial charge in [0.25, 0.3) is 5.69 Å². The number of benzene rings is 1. The van der Waals surface area contributed by atoms with E-state index in [-0.39, 0.29) is 22.6 Å². The van der Waals surface area contributed by atoms with E-state index < -0.39 is 4.92 Å². The van der Waals surface area contributed by atoms with Gasteiger partial charge in [0.2, 0.25) is 5.91 Å². The van der Waals surface area contributed by atoms with Crippen molar-refractivity contribution in [2.75, 3.05) is 10.6 Å². The van der Waals surface area contributed by atoms with Crippen LogP contribution in [0.5, 0.6) is 0 Å². The zero-order valence-corrected chi connectivity index (χ0v) is 9.58. The van der Waals surface area contributed by atoms with Gasteiger partial charge in [-0.3, -0.25) is 14.9 Å². The van der Waals surface area contributed by atoms with Gasteiger partial charge in [0.15, 0.2) is 0 Å². The molecule has 5 nitrogen and oxygen atoms in total. The summed E-state index contributed by atoms with van der Waals surface area (Å²) in [5, 5.41) is 13.2. The number of nitro groups is 1. The number of aryl methyl sites for hydroxylation is 1. The van der Waals surface area contributed by atoms with Crippen molar-refractivity contribution in [3.8, 4) is 0 Å². The van der Waals surface area contributed by atoms with Crippen molar-refractivity contribution in [2.24, 2.45) is 0 Å². The van der Waals surface area contributed by atoms with Gasteiger partial charge in [-0.05, 0) is 18.6 Å². The molecule has 0 aliphatic heterocycles. The number of anilines is 1. The maximum atomic E-state index is 11.1. The summed E-state index contributed by atoms with van der Waals surface area (Å²) in [5.41, 5.74) is 0.901. The summed E-state index contributed by atoms with van der Waals surface area (Å²) < 4.78 is 0. The highest BCUT2D eigenvalue weighted by Crippen LogP contribution is 2.25. The predicted octanol–water partition coefficient (Wildman–Crippen LogP) is 2.24. The van der Waals surface area contributed by atoms with Crippen LogP contribution < -0.4 is 5.32 Å². The highest BCUT2D eigenvalue weighted by molar-refractivity contribution is 9.09. The molecule has 0 saturated heterocycles. The van der Waals surface area contributed by atoms with Crippen molar-refractivity contribution in [1.29, 1.82) is 0 Å². The first-order chi connectivity index (χ1) is 7.04. The Balaban J connectivity index is 3.06. The van der Waals surface area contributed by atoms with Crippen LogP contribution >= 0.6 is 15.9 Å². The first-order valence-electron chi connectivity index (χ1n) is 4.15. The summed E-state index contributed by atoms with van der Waals surface area (Å²) in [6.45, 7) is 1.75. The largest absolute Gasteiger partial charge is 0.320 e. The lowest BCUT2D eigenvalue weighted by Crippen LogP contribution is -2.13. The number of rotatable bonds is 3. The molecule has 0 bridgehead atoms. The van der Waals surface area contributed by atoms with Crippen LogP contribution in [0.15, 0.2) is 18.2 Å². The number of halogens is 1. The van der Waals surface area contributed by atoms with Crippen LogP contribution in [0, 0.1) is 17.0 Å². The topological polar surface area (TPSA) is 72.2 Å². The average Bonchev–Trinajstić information content (AvgIpc) is 2.20. The Labute approximate surface area is 94.8 Å². The standard InChI is InChI=1S/C9H9BrN2O3/c1-6-2-3-7(11-9(13)5-10)8(4-6)12(14)15/h2-4H,5H2,1H3,(H,11,13). The molecular weight excluding hydrogens is 264 g/mol. The molecule has 0 fully saturated rings. The maximum absolute atomic E-state index is 11.1. The smallest absolute Gasteiger partial charge is 0.293 e. The number of alkyl halides is 1. The second kappa shape index (κ2) is 4.88. The molecule has 0 aliphatic rings. The van der Waals surface area contributed by atoms with Crippen molar-refractivity contribution < 1.29 is 9.72 Å². The monoisotopic (exact) mass is 272 g/mol. The zero-order valence-electron chi connectivity index (χ0n) is 7.99. The van der Waals surface area contributed by atoms with Gasteiger partial charge in [0.05, 0.1) is 10.3 Å². The quantitative estimate of drug-likeness (QED) is 0.521. The van der Waals surface area contributed by atoms with E-state index in [1.165, 1.54) is 12.1 Å². The molecule has 1 aromatic carbocycles. The highest BCUT2D eigenvalue weighted by Gasteiger charge is 2.15. The Kier molecular flexibility index (Phi) is 3.79. The van der Waals surface area contributed by atoms with Crippen LogP contribution in [-0.2, 0) is 4.79 Å². The Morgan fingerprint density at radius 2 is 2.27 bits per heavy atom. The zero-order chi connectivity index (χ0) is 11.4. The van der Waals surface area contributed by atoms with Gasteiger partial charge < -0.3 is 5.32 Å². The summed E-state index contributed by atoms with van der Waals surface area (Å²) in [7, 11) is 0. The number of carbonyl (C=O) groups excluding carboxylic acids is 1. The van der Waals surface area contributed by atoms with Gasteiger partial charge in [-0.25, -0.2) is 0 Å². The Morgan fingerprint density at radius 3 is 2.80 bits per heavy atom. The molecule has 0 spiro atoms. The normalized spacial score (nSPS) is 9.73. The molecule has 1 aromatic rings. The van der Waals surface area contributed by atoms with Gasteiger partial charge in [-0.2, -0.15) is 0 Å². The number of nitrogens with zero attached hydrogens (tertiary/aromatic N) is 1. The third-order valence-corrected chi connectivity index (χ3v) is 2.25. The minimum atomic E-state index is -0.517. The van der Waals surface area contributed by atoms with Gasteiger partial charge in [0.1, 0.15) is 5.69 Å². The number of nitrogens with one attached hydrogen (secondary N) is 1. The SMILES string of the molecule is Cc1ccc(NC(=O)CBr)c([N+](=O)[O-])c1. The van der Waals surface area contributed by atoms with E-state index >= 15 is 0 Å². The fraction of sp³-hybridized carbons (Fsp3) is 0.222. The lowest BCUT2D eigenvalue weighted by Gasteiger charge is -2.04. The summed E-state index contributed by atoms with van der Waals surface area (Å²) in [5.74, 6) is -0.318. The number of amides is 1. The number of nitro benzene ring substituents is 1. The molecule has 0 heterocycles. The summed E-state index contributed by atoms with van der Waals surface area (Å²) in [4.78, 5) is 21.2. The fourth-order valence-electron chi connectivity index (χ4n) is 1.08. The van der Waals surface area contributed by atoms with Crippen molar-refractivity contribution in [2.45, 2.75) is 6.92 Å². The van der Waals surface area contributed by atoms with Crippen molar-refractivity contribution in [1.82, 2.24) is 0 Å². The van der Waals surface area contributed by atoms with E-state index in [9.17, 15) is 14.9 Å². The minimum absolute atomic E-state index is 0.0932. The van der Waals surface area contributed by atoms with Gasteiger partial charge >= 0.3 is 0 Å². The molecule has 0 aliphatic carbocycles. The third kappa shape index (κ3) is 3.02. The minimum Gasteiger partial charge on any atom is -0.320 e. The molecule has 1 amide bonds. The third-order valence-electron chi connectivity index (χ3n) is 1.75. The van der Waals surface area contributed by atoms with Crippen LogP contribution in [-0.4, -0.2) is 16.2 Å². The fourth-order valence-corrected chi connectivity index (χ4v) is 1.22. The number of carbonyl (C=O) groups is 1. The van der Waals surface area contributed by atoms with Gasteiger partial charge in [-0.1, -0.05) is 22.0 Å². The van der Waals surface area contributed by atoms with Crippen LogP contribution in [0.4, 0.5) is 11.4 Å². The molecule has 6 heteroatoms. The van der Waals surface area contributed by atoms with E-state index in [1.54, 1.807) is 13.0 Å². The van der Waals surface area contributed by atoms with Crippen molar-refractivity contribution in [3.63, 3.8) is 0 Å². The van der Waals surface area contributed by atoms with E-state index in [2.05, 4.69) is 21.2 Å². The molecule has 0 saturated carbocycles. The molecule has 15 heavy (non-hydrogen) atoms. The average molecular weight is 273 g/mol. The molecular formula is C9H9BrN2O3. The molecule has 1 N–H and O–H groups in total. The van der Waals surface area contributed by atoms with E-state index in [0.29, 0.717) is 0 Å². The Morgan fingerprint density at radius 1 is 1.60 bits per heavy atom. The van der Waals surface area contributed by atoms with Crippen molar-refractivity contribution in [3.05, 3.63) is 33.9 Å². The Hall–Kier alpha value is -1.43. The molecule has 0 atom stereocenters. The lowest BCUT2D eigenvalue weighted by molar-refractivity contribution is -0.384. The molecule has 0 aromatic heterocycles. The van der Waals surface area contributed by atoms with E-state index in [4.69, 9.17) is 0 Å². The highest BCUT2D eigenvalue weighted by atomic mass is 79.9. The van der Waals surface area contributed by atoms with Crippen LogP contribution in [0.3, 0.4) is 0 Å². The Bertz CT molecular complexity index is 406. The predicted molar refractivity (Wildman–Crippen MR) is 60.3 cm³/mol. The van der Waals surface area contributed by atoms with E-state index in [1.807, 2.05) is 0 Å². The first-order valence-corrected chi connectivity index (χ1v) is 5.27. The molecule has 0 unspecified atom stereocenters. The second-order valence-corrected chi connectivity index (χ2v) is 3.52. The number of hydrogen-bond donors (Lipinski definition) is 1. The summed E-state index contributed by atoms with van der Waals surface area (Å²) in [6, 6.07) is 4.65. The second-order valence-electron chi connectivity index (χ2n) is 2.96. The van der Waals surface area contributed by atoms with Gasteiger partial charge in [-0.15, -0.1) is 0 Å². The van der Waals surface area contributed by atoms with Crippen LogP contribution in [0.1, 0.15) is 5.56 Å². The molecule has 0 radical (unpaired) electrons. The summed E-state index contributed by atoms with van der Waals surface area (Å²) >= 11 is 2.97. The number of hydrogen-bond acceptors (Lipinski definition) is 3.